The van der Waals surface area contributed by atoms with Gasteiger partial charge >= 0.3 is 11.9 Å². The topological polar surface area (TPSA) is 89.4 Å². The van der Waals surface area contributed by atoms with Gasteiger partial charge < -0.3 is 9.84 Å². The number of benzene rings is 2. The Bertz CT molecular complexity index is 901. The molecule has 1 heterocycles. The van der Waals surface area contributed by atoms with Crippen molar-refractivity contribution in [1.29, 1.82) is 0 Å². The van der Waals surface area contributed by atoms with Crippen molar-refractivity contribution >= 4 is 27.9 Å². The molecular formula is C19H15BrN2O4. The minimum Gasteiger partial charge on any atom is -0.478 e. The number of halogens is 1. The van der Waals surface area contributed by atoms with E-state index in [4.69, 9.17) is 5.11 Å². The monoisotopic (exact) mass is 414 g/mol. The zero-order valence-electron chi connectivity index (χ0n) is 13.8. The number of esters is 1. The van der Waals surface area contributed by atoms with Gasteiger partial charge in [0.1, 0.15) is 6.33 Å². The maximum absolute atomic E-state index is 10.9. The fraction of sp³-hybridized carbons (Fsp3) is 0.0526. The molecular weight excluding hydrogens is 400 g/mol. The van der Waals surface area contributed by atoms with Gasteiger partial charge in [-0.3, -0.25) is 0 Å². The van der Waals surface area contributed by atoms with Crippen LogP contribution < -0.4 is 0 Å². The lowest BCUT2D eigenvalue weighted by Gasteiger charge is -2.00. The smallest absolute Gasteiger partial charge is 0.337 e. The highest BCUT2D eigenvalue weighted by Gasteiger charge is 2.05. The SMILES string of the molecule is COC(=O)c1cccc(Br)c1.O=C(O)c1cccc(-c2ccncn2)c1. The molecule has 0 amide bonds. The Balaban J connectivity index is 0.000000197. The molecule has 132 valence electrons. The summed E-state index contributed by atoms with van der Waals surface area (Å²) in [6.07, 6.45) is 3.05. The molecule has 3 aromatic rings. The number of rotatable bonds is 3. The third-order valence-corrected chi connectivity index (χ3v) is 3.73. The Morgan fingerprint density at radius 1 is 1.04 bits per heavy atom. The van der Waals surface area contributed by atoms with Gasteiger partial charge in [0.05, 0.1) is 23.9 Å². The summed E-state index contributed by atoms with van der Waals surface area (Å²) >= 11 is 3.25. The van der Waals surface area contributed by atoms with Crippen molar-refractivity contribution in [2.75, 3.05) is 7.11 Å². The summed E-state index contributed by atoms with van der Waals surface area (Å²) < 4.78 is 5.41. The lowest BCUT2D eigenvalue weighted by atomic mass is 10.1. The molecule has 26 heavy (non-hydrogen) atoms. The first-order valence-corrected chi connectivity index (χ1v) is 8.24. The first kappa shape index (κ1) is 19.3. The predicted octanol–water partition coefficient (Wildman–Crippen LogP) is 4.08. The molecule has 2 aromatic carbocycles. The van der Waals surface area contributed by atoms with Crippen LogP contribution in [0.5, 0.6) is 0 Å². The van der Waals surface area contributed by atoms with Crippen LogP contribution in [0.4, 0.5) is 0 Å². The summed E-state index contributed by atoms with van der Waals surface area (Å²) in [5.74, 6) is -1.25. The fourth-order valence-corrected chi connectivity index (χ4v) is 2.41. The highest BCUT2D eigenvalue weighted by molar-refractivity contribution is 9.10. The third kappa shape index (κ3) is 5.49. The number of hydrogen-bond donors (Lipinski definition) is 1. The largest absolute Gasteiger partial charge is 0.478 e. The Labute approximate surface area is 158 Å². The van der Waals surface area contributed by atoms with E-state index in [9.17, 15) is 9.59 Å². The highest BCUT2D eigenvalue weighted by Crippen LogP contribution is 2.17. The van der Waals surface area contributed by atoms with Gasteiger partial charge in [0.2, 0.25) is 0 Å². The van der Waals surface area contributed by atoms with Gasteiger partial charge in [-0.2, -0.15) is 0 Å². The van der Waals surface area contributed by atoms with Crippen molar-refractivity contribution in [1.82, 2.24) is 9.97 Å². The molecule has 0 saturated carbocycles. The molecule has 6 nitrogen and oxygen atoms in total. The van der Waals surface area contributed by atoms with E-state index < -0.39 is 5.97 Å². The molecule has 0 radical (unpaired) electrons. The maximum Gasteiger partial charge on any atom is 0.337 e. The molecule has 0 aliphatic carbocycles. The molecule has 7 heteroatoms. The summed E-state index contributed by atoms with van der Waals surface area (Å²) in [5.41, 5.74) is 2.30. The van der Waals surface area contributed by atoms with E-state index in [1.165, 1.54) is 13.4 Å². The Kier molecular flexibility index (Phi) is 6.99. The molecule has 0 spiro atoms. The Morgan fingerprint density at radius 3 is 2.38 bits per heavy atom. The van der Waals surface area contributed by atoms with Gasteiger partial charge in [0, 0.05) is 16.2 Å². The number of nitrogens with zero attached hydrogens (tertiary/aromatic N) is 2. The molecule has 0 fully saturated rings. The average Bonchev–Trinajstić information content (AvgIpc) is 2.68. The van der Waals surface area contributed by atoms with E-state index in [-0.39, 0.29) is 11.5 Å². The zero-order valence-corrected chi connectivity index (χ0v) is 15.4. The number of aromatic carboxylic acids is 1. The van der Waals surface area contributed by atoms with Crippen molar-refractivity contribution < 1.29 is 19.4 Å². The zero-order chi connectivity index (χ0) is 18.9. The second-order valence-corrected chi connectivity index (χ2v) is 5.90. The van der Waals surface area contributed by atoms with Crippen molar-refractivity contribution in [2.24, 2.45) is 0 Å². The van der Waals surface area contributed by atoms with Gasteiger partial charge in [0.25, 0.3) is 0 Å². The van der Waals surface area contributed by atoms with Crippen LogP contribution >= 0.6 is 15.9 Å². The summed E-state index contributed by atoms with van der Waals surface area (Å²) in [4.78, 5) is 29.5. The van der Waals surface area contributed by atoms with Gasteiger partial charge in [0.15, 0.2) is 0 Å². The number of methoxy groups -OCH3 is 1. The molecule has 1 N–H and O–H groups in total. The van der Waals surface area contributed by atoms with Crippen LogP contribution in [-0.4, -0.2) is 34.1 Å². The summed E-state index contributed by atoms with van der Waals surface area (Å²) in [6.45, 7) is 0. The van der Waals surface area contributed by atoms with E-state index in [2.05, 4.69) is 30.6 Å². The molecule has 0 unspecified atom stereocenters. The number of aromatic nitrogens is 2. The van der Waals surface area contributed by atoms with Gasteiger partial charge in [-0.1, -0.05) is 34.1 Å². The molecule has 0 bridgehead atoms. The van der Waals surface area contributed by atoms with Gasteiger partial charge in [-0.15, -0.1) is 0 Å². The lowest BCUT2D eigenvalue weighted by Crippen LogP contribution is -2.00. The summed E-state index contributed by atoms with van der Waals surface area (Å²) in [6, 6.07) is 15.4. The van der Waals surface area contributed by atoms with E-state index in [0.29, 0.717) is 11.3 Å². The number of carboxylic acid groups (broad SMARTS) is 1. The van der Waals surface area contributed by atoms with Crippen LogP contribution in [-0.2, 0) is 4.74 Å². The van der Waals surface area contributed by atoms with Crippen molar-refractivity contribution in [2.45, 2.75) is 0 Å². The van der Waals surface area contributed by atoms with E-state index in [1.807, 2.05) is 12.1 Å². The van der Waals surface area contributed by atoms with E-state index >= 15 is 0 Å². The van der Waals surface area contributed by atoms with Crippen LogP contribution in [0, 0.1) is 0 Å². The minimum absolute atomic E-state index is 0.256. The molecule has 1 aromatic heterocycles. The number of carbonyl (C=O) groups is 2. The minimum atomic E-state index is -0.939. The Hall–Kier alpha value is -3.06. The number of carbonyl (C=O) groups excluding carboxylic acids is 1. The number of ether oxygens (including phenoxy) is 1. The number of carboxylic acids is 1. The van der Waals surface area contributed by atoms with Crippen LogP contribution in [0.3, 0.4) is 0 Å². The highest BCUT2D eigenvalue weighted by atomic mass is 79.9. The van der Waals surface area contributed by atoms with Crippen molar-refractivity contribution in [3.63, 3.8) is 0 Å². The standard InChI is InChI=1S/C11H8N2O2.C8H7BrO2/c14-11(15)9-3-1-2-8(6-9)10-4-5-12-7-13-10;1-11-8(10)6-3-2-4-7(9)5-6/h1-7H,(H,14,15);2-5H,1H3. The third-order valence-electron chi connectivity index (χ3n) is 3.23. The molecule has 0 atom stereocenters. The molecule has 0 aliphatic rings. The van der Waals surface area contributed by atoms with E-state index in [1.54, 1.807) is 48.7 Å². The Morgan fingerprint density at radius 2 is 1.77 bits per heavy atom. The quantitative estimate of drug-likeness (QED) is 0.649. The van der Waals surface area contributed by atoms with Crippen molar-refractivity contribution in [3.05, 3.63) is 82.7 Å². The molecule has 0 aliphatic heterocycles. The lowest BCUT2D eigenvalue weighted by molar-refractivity contribution is 0.0599. The second-order valence-electron chi connectivity index (χ2n) is 4.98. The first-order valence-electron chi connectivity index (χ1n) is 7.45. The molecule has 3 rings (SSSR count). The van der Waals surface area contributed by atoms with Crippen LogP contribution in [0.1, 0.15) is 20.7 Å². The average molecular weight is 415 g/mol. The fourth-order valence-electron chi connectivity index (χ4n) is 2.01. The van der Waals surface area contributed by atoms with Crippen LogP contribution in [0.25, 0.3) is 11.3 Å². The normalized spacial score (nSPS) is 9.62. The van der Waals surface area contributed by atoms with Gasteiger partial charge in [-0.25, -0.2) is 19.6 Å². The van der Waals surface area contributed by atoms with E-state index in [0.717, 1.165) is 10.0 Å². The second kappa shape index (κ2) is 9.43. The van der Waals surface area contributed by atoms with Gasteiger partial charge in [-0.05, 0) is 36.4 Å². The maximum atomic E-state index is 10.9. The first-order chi connectivity index (χ1) is 12.5. The predicted molar refractivity (Wildman–Crippen MR) is 99.9 cm³/mol. The number of hydrogen-bond acceptors (Lipinski definition) is 5. The molecule has 0 saturated heterocycles. The van der Waals surface area contributed by atoms with Crippen LogP contribution in [0.15, 0.2) is 71.6 Å². The summed E-state index contributed by atoms with van der Waals surface area (Å²) in [5, 5.41) is 8.82. The summed E-state index contributed by atoms with van der Waals surface area (Å²) in [7, 11) is 1.36. The van der Waals surface area contributed by atoms with Crippen molar-refractivity contribution in [3.8, 4) is 11.3 Å². The van der Waals surface area contributed by atoms with Crippen LogP contribution in [0.2, 0.25) is 0 Å².